The molecule has 0 saturated carbocycles. The summed E-state index contributed by atoms with van der Waals surface area (Å²) in [7, 11) is 0. The van der Waals surface area contributed by atoms with Gasteiger partial charge in [0.05, 0.1) is 6.07 Å². The van der Waals surface area contributed by atoms with Gasteiger partial charge in [0.1, 0.15) is 11.3 Å². The van der Waals surface area contributed by atoms with E-state index in [-0.39, 0.29) is 5.52 Å². The van der Waals surface area contributed by atoms with Crippen LogP contribution in [0.3, 0.4) is 0 Å². The molecule has 1 aromatic carbocycles. The maximum Gasteiger partial charge on any atom is 0.152 e. The Balaban J connectivity index is 2.50. The summed E-state index contributed by atoms with van der Waals surface area (Å²) >= 11 is 0. The van der Waals surface area contributed by atoms with Crippen LogP contribution in [0.2, 0.25) is 0 Å². The molecule has 0 unspecified atom stereocenters. The van der Waals surface area contributed by atoms with Gasteiger partial charge in [-0.05, 0) is 12.1 Å². The summed E-state index contributed by atoms with van der Waals surface area (Å²) in [6.45, 7) is 0. The Morgan fingerprint density at radius 3 is 2.81 bits per heavy atom. The highest BCUT2D eigenvalue weighted by atomic mass is 19.1. The molecule has 0 fully saturated rings. The molecule has 0 aliphatic rings. The predicted octanol–water partition coefficient (Wildman–Crippen LogP) is 2.97. The van der Waals surface area contributed by atoms with Crippen molar-refractivity contribution in [2.24, 2.45) is 0 Å². The molecule has 0 saturated heterocycles. The number of aryl methyl sites for hydroxylation is 1. The maximum absolute atomic E-state index is 13.4. The third kappa shape index (κ3) is 1.98. The third-order valence-electron chi connectivity index (χ3n) is 2.26. The van der Waals surface area contributed by atoms with Crippen molar-refractivity contribution in [1.29, 1.82) is 5.26 Å². The highest BCUT2D eigenvalue weighted by Gasteiger charge is 2.06. The average Bonchev–Trinajstić information content (AvgIpc) is 2.26. The fourth-order valence-electron chi connectivity index (χ4n) is 1.52. The lowest BCUT2D eigenvalue weighted by Crippen LogP contribution is -1.93. The van der Waals surface area contributed by atoms with Crippen LogP contribution in [-0.2, 0) is 6.42 Å². The molecule has 4 heteroatoms. The molecule has 0 aliphatic heterocycles. The normalized spacial score (nSPS) is 10.3. The Kier molecular flexibility index (Phi) is 2.78. The summed E-state index contributed by atoms with van der Waals surface area (Å²) in [5.41, 5.74) is 0.788. The largest absolute Gasteiger partial charge is 0.250 e. The van der Waals surface area contributed by atoms with Crippen molar-refractivity contribution in [3.05, 3.63) is 41.6 Å². The number of halogens is 2. The summed E-state index contributed by atoms with van der Waals surface area (Å²) in [5.74, 6) is -1.29. The number of aromatic nitrogens is 1. The Labute approximate surface area is 91.2 Å². The first-order valence-corrected chi connectivity index (χ1v) is 4.82. The van der Waals surface area contributed by atoms with E-state index in [9.17, 15) is 8.78 Å². The molecule has 1 heterocycles. The molecule has 0 radical (unpaired) electrons. The second-order valence-electron chi connectivity index (χ2n) is 3.42. The average molecular weight is 218 g/mol. The fourth-order valence-corrected chi connectivity index (χ4v) is 1.52. The van der Waals surface area contributed by atoms with E-state index in [2.05, 4.69) is 4.98 Å². The fraction of sp³-hybridized carbons (Fsp3) is 0.167. The van der Waals surface area contributed by atoms with Gasteiger partial charge in [0.25, 0.3) is 0 Å². The minimum absolute atomic E-state index is 0.150. The number of nitriles is 1. The number of rotatable bonds is 2. The molecule has 0 amide bonds. The molecule has 1 aromatic heterocycles. The summed E-state index contributed by atoms with van der Waals surface area (Å²) < 4.78 is 26.3. The van der Waals surface area contributed by atoms with Crippen LogP contribution in [0.5, 0.6) is 0 Å². The second kappa shape index (κ2) is 4.23. The van der Waals surface area contributed by atoms with Crippen molar-refractivity contribution < 1.29 is 8.78 Å². The van der Waals surface area contributed by atoms with Gasteiger partial charge in [0.2, 0.25) is 0 Å². The van der Waals surface area contributed by atoms with Gasteiger partial charge in [-0.2, -0.15) is 5.26 Å². The lowest BCUT2D eigenvalue weighted by molar-refractivity contribution is 0.590. The number of benzene rings is 1. The molecule has 2 nitrogen and oxygen atoms in total. The van der Waals surface area contributed by atoms with Crippen LogP contribution in [0, 0.1) is 23.0 Å². The van der Waals surface area contributed by atoms with E-state index in [1.807, 2.05) is 6.07 Å². The molecule has 16 heavy (non-hydrogen) atoms. The van der Waals surface area contributed by atoms with Gasteiger partial charge in [-0.1, -0.05) is 6.07 Å². The number of fused-ring (bicyclic) bond motifs is 1. The molecule has 2 aromatic rings. The minimum Gasteiger partial charge on any atom is -0.250 e. The van der Waals surface area contributed by atoms with E-state index in [0.717, 1.165) is 6.07 Å². The monoisotopic (exact) mass is 218 g/mol. The predicted molar refractivity (Wildman–Crippen MR) is 55.6 cm³/mol. The summed E-state index contributed by atoms with van der Waals surface area (Å²) in [5, 5.41) is 8.86. The van der Waals surface area contributed by atoms with Crippen LogP contribution in [-0.4, -0.2) is 4.98 Å². The molecular weight excluding hydrogens is 210 g/mol. The highest BCUT2D eigenvalue weighted by molar-refractivity contribution is 5.79. The first kappa shape index (κ1) is 10.5. The minimum atomic E-state index is -0.672. The van der Waals surface area contributed by atoms with Crippen LogP contribution >= 0.6 is 0 Å². The van der Waals surface area contributed by atoms with Gasteiger partial charge in [0, 0.05) is 30.0 Å². The van der Waals surface area contributed by atoms with Crippen LogP contribution in [0.1, 0.15) is 12.1 Å². The lowest BCUT2D eigenvalue weighted by atomic mass is 10.1. The molecule has 0 aliphatic carbocycles. The molecule has 0 N–H and O–H groups in total. The molecule has 0 spiro atoms. The standard InChI is InChI=1S/C12H8F2N2/c13-9-6-8-3-4-10(2-1-5-15)16-12(8)11(14)7-9/h3-4,6-7H,1-2H2. The van der Waals surface area contributed by atoms with E-state index in [4.69, 9.17) is 5.26 Å². The summed E-state index contributed by atoms with van der Waals surface area (Å²) in [4.78, 5) is 4.06. The summed E-state index contributed by atoms with van der Waals surface area (Å²) in [6, 6.07) is 7.33. The van der Waals surface area contributed by atoms with Crippen molar-refractivity contribution in [1.82, 2.24) is 4.98 Å². The van der Waals surface area contributed by atoms with Crippen LogP contribution in [0.25, 0.3) is 10.9 Å². The van der Waals surface area contributed by atoms with Crippen molar-refractivity contribution in [2.75, 3.05) is 0 Å². The van der Waals surface area contributed by atoms with Gasteiger partial charge < -0.3 is 0 Å². The van der Waals surface area contributed by atoms with Crippen molar-refractivity contribution in [3.63, 3.8) is 0 Å². The Hall–Kier alpha value is -2.02. The maximum atomic E-state index is 13.4. The van der Waals surface area contributed by atoms with Crippen molar-refractivity contribution in [2.45, 2.75) is 12.8 Å². The van der Waals surface area contributed by atoms with E-state index >= 15 is 0 Å². The number of hydrogen-bond acceptors (Lipinski definition) is 2. The van der Waals surface area contributed by atoms with Gasteiger partial charge in [0.15, 0.2) is 5.82 Å². The quantitative estimate of drug-likeness (QED) is 0.776. The second-order valence-corrected chi connectivity index (χ2v) is 3.42. The highest BCUT2D eigenvalue weighted by Crippen LogP contribution is 2.18. The Morgan fingerprint density at radius 1 is 1.25 bits per heavy atom. The molecular formula is C12H8F2N2. The van der Waals surface area contributed by atoms with Crippen molar-refractivity contribution in [3.8, 4) is 6.07 Å². The lowest BCUT2D eigenvalue weighted by Gasteiger charge is -2.02. The first-order chi connectivity index (χ1) is 7.70. The number of pyridine rings is 1. The topological polar surface area (TPSA) is 36.7 Å². The molecule has 0 atom stereocenters. The zero-order valence-corrected chi connectivity index (χ0v) is 8.37. The third-order valence-corrected chi connectivity index (χ3v) is 2.26. The van der Waals surface area contributed by atoms with E-state index < -0.39 is 11.6 Å². The Morgan fingerprint density at radius 2 is 2.06 bits per heavy atom. The number of hydrogen-bond donors (Lipinski definition) is 0. The summed E-state index contributed by atoms with van der Waals surface area (Å²) in [6.07, 6.45) is 0.810. The first-order valence-electron chi connectivity index (χ1n) is 4.82. The Bertz CT molecular complexity index is 573. The van der Waals surface area contributed by atoms with E-state index in [0.29, 0.717) is 23.9 Å². The van der Waals surface area contributed by atoms with Gasteiger partial charge in [-0.15, -0.1) is 0 Å². The zero-order chi connectivity index (χ0) is 11.5. The van der Waals surface area contributed by atoms with Gasteiger partial charge in [-0.3, -0.25) is 0 Å². The molecule has 0 bridgehead atoms. The number of nitrogens with zero attached hydrogens (tertiary/aromatic N) is 2. The SMILES string of the molecule is N#CCCc1ccc2cc(F)cc(F)c2n1. The molecule has 80 valence electrons. The van der Waals surface area contributed by atoms with Crippen molar-refractivity contribution >= 4 is 10.9 Å². The van der Waals surface area contributed by atoms with Crippen LogP contribution < -0.4 is 0 Å². The van der Waals surface area contributed by atoms with Crippen LogP contribution in [0.4, 0.5) is 8.78 Å². The molecule has 2 rings (SSSR count). The zero-order valence-electron chi connectivity index (χ0n) is 8.37. The van der Waals surface area contributed by atoms with Crippen LogP contribution in [0.15, 0.2) is 24.3 Å². The van der Waals surface area contributed by atoms with E-state index in [1.165, 1.54) is 6.07 Å². The smallest absolute Gasteiger partial charge is 0.152 e. The van der Waals surface area contributed by atoms with Gasteiger partial charge >= 0.3 is 0 Å². The van der Waals surface area contributed by atoms with Gasteiger partial charge in [-0.25, -0.2) is 13.8 Å². The van der Waals surface area contributed by atoms with E-state index in [1.54, 1.807) is 12.1 Å².